The highest BCUT2D eigenvalue weighted by Gasteiger charge is 2.27. The molecule has 0 bridgehead atoms. The van der Waals surface area contributed by atoms with Crippen LogP contribution in [0.25, 0.3) is 11.1 Å². The van der Waals surface area contributed by atoms with Gasteiger partial charge in [0.05, 0.1) is 11.2 Å². The van der Waals surface area contributed by atoms with Crippen LogP contribution in [0.2, 0.25) is 0 Å². The number of primary sulfonamides is 1. The van der Waals surface area contributed by atoms with Crippen molar-refractivity contribution in [1.29, 1.82) is 0 Å². The van der Waals surface area contributed by atoms with E-state index in [0.29, 0.717) is 16.7 Å². The number of benzene rings is 1. The van der Waals surface area contributed by atoms with Gasteiger partial charge in [0, 0.05) is 30.6 Å². The van der Waals surface area contributed by atoms with Crippen LogP contribution in [0.15, 0.2) is 35.5 Å². The van der Waals surface area contributed by atoms with Gasteiger partial charge in [-0.1, -0.05) is 12.1 Å². The van der Waals surface area contributed by atoms with Crippen molar-refractivity contribution in [3.05, 3.63) is 36.2 Å². The van der Waals surface area contributed by atoms with Crippen molar-refractivity contribution in [3.8, 4) is 11.1 Å². The molecule has 0 atom stereocenters. The van der Waals surface area contributed by atoms with Crippen molar-refractivity contribution in [2.45, 2.75) is 11.1 Å². The van der Waals surface area contributed by atoms with Crippen LogP contribution in [0.4, 0.5) is 5.95 Å². The van der Waals surface area contributed by atoms with E-state index in [2.05, 4.69) is 31.9 Å². The summed E-state index contributed by atoms with van der Waals surface area (Å²) in [5.41, 5.74) is 12.2. The van der Waals surface area contributed by atoms with Gasteiger partial charge in [-0.3, -0.25) is 0 Å². The molecule has 3 rings (SSSR count). The molecule has 2 aromatic rings. The lowest BCUT2D eigenvalue weighted by Crippen LogP contribution is -2.33. The standard InChI is InChI=1S/C13H18N8O4S2/c1-21(26(2,22)23)13-15-6-8(7-16-13)9-4-3-5-10(27(14,24)25)11(9)12-17-19-20-18-12/h3-7,12,17-20H,1-2H3,(H2,14,24,25). The molecule has 6 N–H and O–H groups in total. The summed E-state index contributed by atoms with van der Waals surface area (Å²) in [7, 11) is -6.18. The fourth-order valence-corrected chi connectivity index (χ4v) is 3.70. The molecule has 1 saturated heterocycles. The van der Waals surface area contributed by atoms with Crippen molar-refractivity contribution >= 4 is 26.0 Å². The Hall–Kier alpha value is -2.20. The van der Waals surface area contributed by atoms with E-state index in [0.717, 1.165) is 10.6 Å². The number of aromatic nitrogens is 2. The summed E-state index contributed by atoms with van der Waals surface area (Å²) >= 11 is 0. The quantitative estimate of drug-likeness (QED) is 0.380. The summed E-state index contributed by atoms with van der Waals surface area (Å²) in [4.78, 5) is 8.05. The molecule has 14 heteroatoms. The fraction of sp³-hybridized carbons (Fsp3) is 0.231. The van der Waals surface area contributed by atoms with Crippen LogP contribution in [0.3, 0.4) is 0 Å². The summed E-state index contributed by atoms with van der Waals surface area (Å²) in [5, 5.41) is 5.36. The minimum atomic E-state index is -4.01. The van der Waals surface area contributed by atoms with Crippen LogP contribution in [-0.2, 0) is 20.0 Å². The maximum Gasteiger partial charge on any atom is 0.238 e. The SMILES string of the molecule is CN(c1ncc(-c2cccc(S(N)(=O)=O)c2C2NNNN2)cn1)S(C)(=O)=O. The minimum absolute atomic E-state index is 0.00847. The van der Waals surface area contributed by atoms with Crippen LogP contribution < -0.4 is 31.4 Å². The van der Waals surface area contributed by atoms with E-state index in [4.69, 9.17) is 5.14 Å². The van der Waals surface area contributed by atoms with Gasteiger partial charge in [0.25, 0.3) is 0 Å². The second kappa shape index (κ2) is 7.08. The molecule has 0 aliphatic carbocycles. The fourth-order valence-electron chi connectivity index (χ4n) is 2.51. The molecule has 146 valence electrons. The number of hydrogen-bond acceptors (Lipinski definition) is 10. The average molecular weight is 414 g/mol. The third-order valence-corrected chi connectivity index (χ3v) is 6.01. The van der Waals surface area contributed by atoms with Crippen LogP contribution in [0.5, 0.6) is 0 Å². The zero-order chi connectivity index (χ0) is 19.8. The van der Waals surface area contributed by atoms with E-state index >= 15 is 0 Å². The molecule has 0 amide bonds. The summed E-state index contributed by atoms with van der Waals surface area (Å²) in [6.45, 7) is 0. The van der Waals surface area contributed by atoms with Crippen molar-refractivity contribution in [2.24, 2.45) is 5.14 Å². The first kappa shape index (κ1) is 19.6. The Labute approximate surface area is 156 Å². The second-order valence-corrected chi connectivity index (χ2v) is 9.28. The maximum absolute atomic E-state index is 12.0. The highest BCUT2D eigenvalue weighted by atomic mass is 32.2. The average Bonchev–Trinajstić information content (AvgIpc) is 3.13. The van der Waals surface area contributed by atoms with Gasteiger partial charge in [-0.25, -0.2) is 47.1 Å². The van der Waals surface area contributed by atoms with Gasteiger partial charge < -0.3 is 0 Å². The van der Waals surface area contributed by atoms with E-state index in [1.165, 1.54) is 25.5 Å². The Morgan fingerprint density at radius 2 is 1.67 bits per heavy atom. The molecule has 0 unspecified atom stereocenters. The van der Waals surface area contributed by atoms with E-state index in [-0.39, 0.29) is 10.8 Å². The monoisotopic (exact) mass is 414 g/mol. The molecule has 0 saturated carbocycles. The molecule has 12 nitrogen and oxygen atoms in total. The van der Waals surface area contributed by atoms with Crippen molar-refractivity contribution < 1.29 is 16.8 Å². The summed E-state index contributed by atoms with van der Waals surface area (Å²) in [6, 6.07) is 4.62. The van der Waals surface area contributed by atoms with Gasteiger partial charge in [0.2, 0.25) is 26.0 Å². The zero-order valence-electron chi connectivity index (χ0n) is 14.3. The van der Waals surface area contributed by atoms with Crippen LogP contribution in [0.1, 0.15) is 11.7 Å². The first-order chi connectivity index (χ1) is 12.6. The molecule has 2 heterocycles. The van der Waals surface area contributed by atoms with E-state index < -0.39 is 26.2 Å². The maximum atomic E-state index is 12.0. The normalized spacial score (nSPS) is 15.8. The first-order valence-corrected chi connectivity index (χ1v) is 10.9. The molecule has 1 aromatic heterocycles. The summed E-state index contributed by atoms with van der Waals surface area (Å²) < 4.78 is 48.2. The predicted molar refractivity (Wildman–Crippen MR) is 97.4 cm³/mol. The topological polar surface area (TPSA) is 171 Å². The Morgan fingerprint density at radius 3 is 2.19 bits per heavy atom. The Bertz CT molecular complexity index is 1050. The minimum Gasteiger partial charge on any atom is -0.241 e. The van der Waals surface area contributed by atoms with Crippen LogP contribution >= 0.6 is 0 Å². The Morgan fingerprint density at radius 1 is 1.07 bits per heavy atom. The van der Waals surface area contributed by atoms with Gasteiger partial charge in [-0.05, 0) is 11.6 Å². The van der Waals surface area contributed by atoms with Crippen molar-refractivity contribution in [1.82, 2.24) is 31.9 Å². The number of anilines is 1. The van der Waals surface area contributed by atoms with E-state index in [1.807, 2.05) is 0 Å². The van der Waals surface area contributed by atoms with E-state index in [9.17, 15) is 16.8 Å². The van der Waals surface area contributed by atoms with Gasteiger partial charge in [0.1, 0.15) is 6.17 Å². The molecular weight excluding hydrogens is 396 g/mol. The number of nitrogens with zero attached hydrogens (tertiary/aromatic N) is 3. The number of hydrogen-bond donors (Lipinski definition) is 5. The van der Waals surface area contributed by atoms with Gasteiger partial charge in [-0.15, -0.1) is 0 Å². The molecule has 0 spiro atoms. The molecule has 1 aliphatic heterocycles. The largest absolute Gasteiger partial charge is 0.241 e. The van der Waals surface area contributed by atoms with Gasteiger partial charge >= 0.3 is 0 Å². The van der Waals surface area contributed by atoms with Crippen LogP contribution in [-0.4, -0.2) is 40.1 Å². The third kappa shape index (κ3) is 4.06. The number of nitrogens with two attached hydrogens (primary N) is 1. The molecule has 27 heavy (non-hydrogen) atoms. The van der Waals surface area contributed by atoms with Crippen LogP contribution in [0, 0.1) is 0 Å². The number of hydrazine groups is 3. The molecule has 1 aromatic carbocycles. The predicted octanol–water partition coefficient (Wildman–Crippen LogP) is -1.70. The lowest BCUT2D eigenvalue weighted by molar-refractivity contribution is 0.540. The highest BCUT2D eigenvalue weighted by Crippen LogP contribution is 2.32. The molecular formula is C13H18N8O4S2. The van der Waals surface area contributed by atoms with Crippen molar-refractivity contribution in [3.63, 3.8) is 0 Å². The first-order valence-electron chi connectivity index (χ1n) is 7.52. The smallest absolute Gasteiger partial charge is 0.238 e. The third-order valence-electron chi connectivity index (χ3n) is 3.89. The summed E-state index contributed by atoms with van der Waals surface area (Å²) in [5.74, 6) is -0.00847. The highest BCUT2D eigenvalue weighted by molar-refractivity contribution is 7.92. The number of sulfonamides is 2. The lowest BCUT2D eigenvalue weighted by atomic mass is 10.0. The number of nitrogens with one attached hydrogen (secondary N) is 4. The van der Waals surface area contributed by atoms with Gasteiger partial charge in [0.15, 0.2) is 0 Å². The second-order valence-electron chi connectivity index (χ2n) is 5.74. The van der Waals surface area contributed by atoms with E-state index in [1.54, 1.807) is 12.1 Å². The Balaban J connectivity index is 2.12. The molecule has 1 aliphatic rings. The molecule has 1 fully saturated rings. The summed E-state index contributed by atoms with van der Waals surface area (Å²) in [6.07, 6.45) is 3.24. The number of rotatable bonds is 5. The Kier molecular flexibility index (Phi) is 5.13. The molecule has 0 radical (unpaired) electrons. The van der Waals surface area contributed by atoms with Gasteiger partial charge in [-0.2, -0.15) is 11.1 Å². The van der Waals surface area contributed by atoms with Crippen molar-refractivity contribution in [2.75, 3.05) is 17.6 Å². The zero-order valence-corrected chi connectivity index (χ0v) is 16.0. The lowest BCUT2D eigenvalue weighted by Gasteiger charge is -2.19.